The van der Waals surface area contributed by atoms with Gasteiger partial charge in [0.05, 0.1) is 16.8 Å². The third-order valence-corrected chi connectivity index (χ3v) is 4.93. The lowest BCUT2D eigenvalue weighted by atomic mass is 9.91. The van der Waals surface area contributed by atoms with Gasteiger partial charge < -0.3 is 10.1 Å². The predicted octanol–water partition coefficient (Wildman–Crippen LogP) is 1.26. The molecule has 1 aromatic heterocycles. The Morgan fingerprint density at radius 2 is 2.44 bits per heavy atom. The van der Waals surface area contributed by atoms with Crippen LogP contribution in [0.15, 0.2) is 5.38 Å². The van der Waals surface area contributed by atoms with Crippen molar-refractivity contribution in [3.63, 3.8) is 0 Å². The molecule has 2 aliphatic heterocycles. The molecule has 5 heteroatoms. The first-order chi connectivity index (χ1) is 8.76. The van der Waals surface area contributed by atoms with Crippen LogP contribution in [0.25, 0.3) is 0 Å². The number of ether oxygens (including phenoxy) is 1. The fraction of sp³-hybridized carbons (Fsp3) is 0.769. The zero-order valence-electron chi connectivity index (χ0n) is 11.1. The van der Waals surface area contributed by atoms with Gasteiger partial charge in [0.1, 0.15) is 0 Å². The van der Waals surface area contributed by atoms with Crippen LogP contribution < -0.4 is 5.32 Å². The van der Waals surface area contributed by atoms with Gasteiger partial charge in [0, 0.05) is 44.1 Å². The van der Waals surface area contributed by atoms with Crippen LogP contribution in [-0.2, 0) is 11.3 Å². The van der Waals surface area contributed by atoms with Crippen molar-refractivity contribution < 1.29 is 4.74 Å². The van der Waals surface area contributed by atoms with Gasteiger partial charge in [-0.15, -0.1) is 11.3 Å². The topological polar surface area (TPSA) is 37.4 Å². The van der Waals surface area contributed by atoms with Crippen LogP contribution in [0.1, 0.15) is 17.1 Å². The molecule has 2 saturated heterocycles. The molecule has 0 bridgehead atoms. The molecule has 3 rings (SSSR count). The van der Waals surface area contributed by atoms with Gasteiger partial charge in [-0.3, -0.25) is 4.90 Å². The Bertz CT molecular complexity index is 409. The van der Waals surface area contributed by atoms with Gasteiger partial charge in [-0.1, -0.05) is 0 Å². The highest BCUT2D eigenvalue weighted by molar-refractivity contribution is 7.09. The van der Waals surface area contributed by atoms with Crippen LogP contribution >= 0.6 is 11.3 Å². The number of fused-ring (bicyclic) bond motifs is 1. The number of piperidine rings is 1. The van der Waals surface area contributed by atoms with E-state index in [2.05, 4.69) is 27.5 Å². The Morgan fingerprint density at radius 3 is 3.17 bits per heavy atom. The molecule has 0 amide bonds. The summed E-state index contributed by atoms with van der Waals surface area (Å²) in [4.78, 5) is 7.06. The smallest absolute Gasteiger partial charge is 0.0897 e. The summed E-state index contributed by atoms with van der Waals surface area (Å²) in [6, 6.07) is 0.600. The number of nitrogens with one attached hydrogen (secondary N) is 1. The third kappa shape index (κ3) is 2.45. The van der Waals surface area contributed by atoms with E-state index in [0.717, 1.165) is 37.6 Å². The Morgan fingerprint density at radius 1 is 1.56 bits per heavy atom. The van der Waals surface area contributed by atoms with E-state index in [9.17, 15) is 0 Å². The maximum absolute atomic E-state index is 5.63. The highest BCUT2D eigenvalue weighted by Crippen LogP contribution is 2.28. The first-order valence-corrected chi connectivity index (χ1v) is 7.54. The van der Waals surface area contributed by atoms with Gasteiger partial charge in [-0.25, -0.2) is 4.98 Å². The van der Waals surface area contributed by atoms with Gasteiger partial charge in [-0.2, -0.15) is 0 Å². The van der Waals surface area contributed by atoms with E-state index in [1.165, 1.54) is 5.69 Å². The van der Waals surface area contributed by atoms with Crippen LogP contribution in [0.2, 0.25) is 0 Å². The number of hydrogen-bond acceptors (Lipinski definition) is 5. The number of aryl methyl sites for hydroxylation is 1. The second-order valence-electron chi connectivity index (χ2n) is 5.34. The lowest BCUT2D eigenvalue weighted by Gasteiger charge is -2.32. The van der Waals surface area contributed by atoms with Gasteiger partial charge in [0.25, 0.3) is 0 Å². The predicted molar refractivity (Wildman–Crippen MR) is 72.8 cm³/mol. The van der Waals surface area contributed by atoms with Gasteiger partial charge in [-0.05, 0) is 19.9 Å². The number of thiazole rings is 1. The molecule has 0 unspecified atom stereocenters. The summed E-state index contributed by atoms with van der Waals surface area (Å²) in [5.41, 5.74) is 1.21. The molecule has 0 aromatic carbocycles. The molecule has 18 heavy (non-hydrogen) atoms. The fourth-order valence-electron chi connectivity index (χ4n) is 3.26. The normalized spacial score (nSPS) is 32.7. The van der Waals surface area contributed by atoms with E-state index in [1.54, 1.807) is 11.3 Å². The molecule has 3 heterocycles. The molecule has 1 aromatic rings. The summed E-state index contributed by atoms with van der Waals surface area (Å²) >= 11 is 1.74. The summed E-state index contributed by atoms with van der Waals surface area (Å²) in [6.45, 7) is 6.40. The number of likely N-dealkylation sites (tertiary alicyclic amines) is 1. The van der Waals surface area contributed by atoms with Crippen LogP contribution in [0, 0.1) is 12.8 Å². The lowest BCUT2D eigenvalue weighted by Crippen LogP contribution is -2.48. The number of rotatable bonds is 3. The summed E-state index contributed by atoms with van der Waals surface area (Å²) < 4.78 is 5.63. The van der Waals surface area contributed by atoms with Crippen LogP contribution in [0.4, 0.5) is 0 Å². The zero-order chi connectivity index (χ0) is 12.5. The van der Waals surface area contributed by atoms with Crippen molar-refractivity contribution in [3.05, 3.63) is 16.1 Å². The summed E-state index contributed by atoms with van der Waals surface area (Å²) in [6.07, 6.45) is 1.57. The summed E-state index contributed by atoms with van der Waals surface area (Å²) in [7, 11) is 1.85. The molecular formula is C13H21N3OS. The van der Waals surface area contributed by atoms with E-state index in [0.29, 0.717) is 18.1 Å². The first-order valence-electron chi connectivity index (χ1n) is 6.66. The van der Waals surface area contributed by atoms with E-state index in [4.69, 9.17) is 4.74 Å². The number of aromatic nitrogens is 1. The number of hydrogen-bond donors (Lipinski definition) is 1. The van der Waals surface area contributed by atoms with Crippen LogP contribution in [0.5, 0.6) is 0 Å². The molecule has 3 atom stereocenters. The second kappa shape index (κ2) is 5.25. The SMILES string of the molecule is CO[C@@H]1CCN[C@H]2CN(Cc3csc(C)n3)C[C@H]21. The maximum atomic E-state index is 5.63. The summed E-state index contributed by atoms with van der Waals surface area (Å²) in [5, 5.41) is 6.97. The largest absolute Gasteiger partial charge is 0.381 e. The standard InChI is InChI=1S/C13H21N3OS/c1-9-15-10(8-18-9)5-16-6-11-12(7-16)14-4-3-13(11)17-2/h8,11-14H,3-7H2,1-2H3/t11-,12+,13-/m1/s1. The Labute approximate surface area is 112 Å². The molecule has 0 aliphatic carbocycles. The van der Waals surface area contributed by atoms with Crippen molar-refractivity contribution in [1.29, 1.82) is 0 Å². The second-order valence-corrected chi connectivity index (χ2v) is 6.40. The first kappa shape index (κ1) is 12.5. The van der Waals surface area contributed by atoms with Crippen molar-refractivity contribution >= 4 is 11.3 Å². The Balaban J connectivity index is 1.63. The molecule has 0 spiro atoms. The number of nitrogens with zero attached hydrogens (tertiary/aromatic N) is 2. The van der Waals surface area contributed by atoms with Crippen molar-refractivity contribution in [1.82, 2.24) is 15.2 Å². The Hall–Kier alpha value is -0.490. The molecule has 2 fully saturated rings. The van der Waals surface area contributed by atoms with Crippen molar-refractivity contribution in [2.45, 2.75) is 32.0 Å². The van der Waals surface area contributed by atoms with Gasteiger partial charge >= 0.3 is 0 Å². The van der Waals surface area contributed by atoms with E-state index >= 15 is 0 Å². The third-order valence-electron chi connectivity index (χ3n) is 4.11. The number of methoxy groups -OCH3 is 1. The average Bonchev–Trinajstić information content (AvgIpc) is 2.94. The lowest BCUT2D eigenvalue weighted by molar-refractivity contribution is 0.0241. The fourth-order valence-corrected chi connectivity index (χ4v) is 3.87. The molecule has 0 saturated carbocycles. The summed E-state index contributed by atoms with van der Waals surface area (Å²) in [5.74, 6) is 0.642. The average molecular weight is 267 g/mol. The molecule has 2 aliphatic rings. The molecule has 1 N–H and O–H groups in total. The van der Waals surface area contributed by atoms with Gasteiger partial charge in [0.15, 0.2) is 0 Å². The minimum Gasteiger partial charge on any atom is -0.381 e. The van der Waals surface area contributed by atoms with E-state index < -0.39 is 0 Å². The highest BCUT2D eigenvalue weighted by Gasteiger charge is 2.40. The molecule has 0 radical (unpaired) electrons. The van der Waals surface area contributed by atoms with E-state index in [-0.39, 0.29) is 0 Å². The minimum absolute atomic E-state index is 0.429. The minimum atomic E-state index is 0.429. The van der Waals surface area contributed by atoms with Crippen molar-refractivity contribution in [2.24, 2.45) is 5.92 Å². The molecular weight excluding hydrogens is 246 g/mol. The maximum Gasteiger partial charge on any atom is 0.0897 e. The highest BCUT2D eigenvalue weighted by atomic mass is 32.1. The van der Waals surface area contributed by atoms with Crippen molar-refractivity contribution in [3.8, 4) is 0 Å². The molecule has 4 nitrogen and oxygen atoms in total. The van der Waals surface area contributed by atoms with Crippen LogP contribution in [-0.4, -0.2) is 48.8 Å². The zero-order valence-corrected chi connectivity index (χ0v) is 11.9. The van der Waals surface area contributed by atoms with Crippen molar-refractivity contribution in [2.75, 3.05) is 26.7 Å². The quantitative estimate of drug-likeness (QED) is 0.895. The Kier molecular flexibility index (Phi) is 3.66. The van der Waals surface area contributed by atoms with E-state index in [1.807, 2.05) is 7.11 Å². The molecule has 100 valence electrons. The van der Waals surface area contributed by atoms with Crippen LogP contribution in [0.3, 0.4) is 0 Å². The monoisotopic (exact) mass is 267 g/mol. The van der Waals surface area contributed by atoms with Gasteiger partial charge in [0.2, 0.25) is 0 Å².